The van der Waals surface area contributed by atoms with Crippen LogP contribution in [0.4, 0.5) is 15.8 Å². The minimum absolute atomic E-state index is 0.0194. The van der Waals surface area contributed by atoms with Crippen molar-refractivity contribution >= 4 is 16.9 Å². The number of aryl methyl sites for hydroxylation is 1. The lowest BCUT2D eigenvalue weighted by molar-refractivity contribution is 0.190. The second-order valence-electron chi connectivity index (χ2n) is 10.6. The summed E-state index contributed by atoms with van der Waals surface area (Å²) in [7, 11) is 1.77. The number of allylic oxidation sites excluding steroid dienone is 1. The molecule has 208 valence electrons. The van der Waals surface area contributed by atoms with Crippen LogP contribution in [-0.2, 0) is 11.3 Å². The van der Waals surface area contributed by atoms with Crippen molar-refractivity contribution in [2.24, 2.45) is 17.6 Å². The van der Waals surface area contributed by atoms with E-state index in [0.717, 1.165) is 52.1 Å². The Kier molecular flexibility index (Phi) is 12.6. The summed E-state index contributed by atoms with van der Waals surface area (Å²) in [6, 6.07) is 10.5. The molecule has 38 heavy (non-hydrogen) atoms. The van der Waals surface area contributed by atoms with Gasteiger partial charge in [-0.25, -0.2) is 4.39 Å². The van der Waals surface area contributed by atoms with Crippen LogP contribution in [0, 0.1) is 24.6 Å². The number of nitrogens with two attached hydrogens (primary N) is 1. The van der Waals surface area contributed by atoms with Gasteiger partial charge in [0.25, 0.3) is 0 Å². The molecule has 0 spiro atoms. The maximum atomic E-state index is 13.1. The Morgan fingerprint density at radius 3 is 2.37 bits per heavy atom. The van der Waals surface area contributed by atoms with Crippen LogP contribution in [0.3, 0.4) is 0 Å². The highest BCUT2D eigenvalue weighted by atomic mass is 19.1. The average molecular weight is 524 g/mol. The highest BCUT2D eigenvalue weighted by Crippen LogP contribution is 2.40. The Morgan fingerprint density at radius 1 is 1.21 bits per heavy atom. The van der Waals surface area contributed by atoms with Crippen molar-refractivity contribution in [2.45, 2.75) is 53.5 Å². The van der Waals surface area contributed by atoms with Gasteiger partial charge in [-0.2, -0.15) is 0 Å². The number of ether oxygens (including phenoxy) is 1. The molecular weight excluding hydrogens is 477 g/mol. The summed E-state index contributed by atoms with van der Waals surface area (Å²) in [6.07, 6.45) is 6.02. The van der Waals surface area contributed by atoms with Crippen molar-refractivity contribution < 1.29 is 14.2 Å². The van der Waals surface area contributed by atoms with Crippen molar-refractivity contribution in [3.63, 3.8) is 0 Å². The number of aliphatic hydroxyl groups is 1. The van der Waals surface area contributed by atoms with E-state index in [9.17, 15) is 9.50 Å². The molecule has 0 unspecified atom stereocenters. The summed E-state index contributed by atoms with van der Waals surface area (Å²) >= 11 is 0. The number of nitrogens with one attached hydrogen (secondary N) is 1. The molecule has 0 saturated heterocycles. The minimum Gasteiger partial charge on any atom is -0.508 e. The zero-order valence-corrected chi connectivity index (χ0v) is 23.8. The van der Waals surface area contributed by atoms with Gasteiger partial charge >= 0.3 is 0 Å². The summed E-state index contributed by atoms with van der Waals surface area (Å²) in [5.74, 6) is 1.59. The van der Waals surface area contributed by atoms with E-state index in [-0.39, 0.29) is 11.6 Å². The number of methoxy groups -OCH3 is 1. The molecule has 0 atom stereocenters. The zero-order chi connectivity index (χ0) is 28.2. The number of hydrogen-bond acceptors (Lipinski definition) is 5. The van der Waals surface area contributed by atoms with Crippen molar-refractivity contribution in [1.82, 2.24) is 0 Å². The first-order valence-corrected chi connectivity index (χ1v) is 13.5. The number of benzene rings is 2. The fraction of sp³-hybridized carbons (Fsp3) is 0.438. The second-order valence-corrected chi connectivity index (χ2v) is 10.6. The van der Waals surface area contributed by atoms with Crippen LogP contribution in [0.2, 0.25) is 0 Å². The molecule has 5 nitrogen and oxygen atoms in total. The molecular formula is C32H46FN3O2. The lowest BCUT2D eigenvalue weighted by Crippen LogP contribution is -2.28. The van der Waals surface area contributed by atoms with Crippen molar-refractivity contribution in [3.8, 4) is 0 Å². The maximum Gasteiger partial charge on any atom is 0.123 e. The summed E-state index contributed by atoms with van der Waals surface area (Å²) in [4.78, 5) is 2.01. The number of hydrogen-bond donors (Lipinski definition) is 3. The molecule has 1 aliphatic carbocycles. The van der Waals surface area contributed by atoms with Gasteiger partial charge in [-0.05, 0) is 66.1 Å². The fourth-order valence-electron chi connectivity index (χ4n) is 3.87. The number of rotatable bonds is 9. The normalized spacial score (nSPS) is 14.1. The SMILES string of the molecule is C=C(O)C1=CN(CCN)c2cc(C)c(NCc3ccc(F)cc3)cc2C1=C.CC(C)C.COCCC1CC1. The van der Waals surface area contributed by atoms with Gasteiger partial charge < -0.3 is 25.8 Å². The molecule has 6 heteroatoms. The van der Waals surface area contributed by atoms with E-state index in [1.54, 1.807) is 19.2 Å². The van der Waals surface area contributed by atoms with E-state index >= 15 is 0 Å². The topological polar surface area (TPSA) is 70.8 Å². The second kappa shape index (κ2) is 15.4. The van der Waals surface area contributed by atoms with Crippen LogP contribution in [0.1, 0.15) is 56.7 Å². The predicted octanol–water partition coefficient (Wildman–Crippen LogP) is 7.59. The summed E-state index contributed by atoms with van der Waals surface area (Å²) in [5.41, 5.74) is 12.0. The van der Waals surface area contributed by atoms with Gasteiger partial charge in [-0.3, -0.25) is 0 Å². The lowest BCUT2D eigenvalue weighted by Gasteiger charge is -2.31. The Bertz CT molecular complexity index is 1090. The largest absolute Gasteiger partial charge is 0.508 e. The molecule has 0 bridgehead atoms. The van der Waals surface area contributed by atoms with E-state index < -0.39 is 0 Å². The molecule has 1 heterocycles. The fourth-order valence-corrected chi connectivity index (χ4v) is 3.87. The number of fused-ring (bicyclic) bond motifs is 1. The van der Waals surface area contributed by atoms with Gasteiger partial charge in [0.05, 0.1) is 0 Å². The van der Waals surface area contributed by atoms with Gasteiger partial charge in [0, 0.05) is 62.1 Å². The summed E-state index contributed by atoms with van der Waals surface area (Å²) in [5, 5.41) is 13.3. The Labute approximate surface area is 228 Å². The smallest absolute Gasteiger partial charge is 0.123 e. The third-order valence-electron chi connectivity index (χ3n) is 6.09. The van der Waals surface area contributed by atoms with Crippen molar-refractivity contribution in [2.75, 3.05) is 37.0 Å². The van der Waals surface area contributed by atoms with E-state index in [0.29, 0.717) is 25.2 Å². The van der Waals surface area contributed by atoms with E-state index in [4.69, 9.17) is 10.5 Å². The van der Waals surface area contributed by atoms with Crippen LogP contribution in [0.25, 0.3) is 5.57 Å². The minimum atomic E-state index is -0.247. The molecule has 4 rings (SSSR count). The first-order valence-electron chi connectivity index (χ1n) is 13.5. The number of aliphatic hydroxyl groups excluding tert-OH is 1. The summed E-state index contributed by atoms with van der Waals surface area (Å²) in [6.45, 7) is 19.0. The highest BCUT2D eigenvalue weighted by molar-refractivity contribution is 5.93. The van der Waals surface area contributed by atoms with E-state index in [1.807, 2.05) is 24.1 Å². The van der Waals surface area contributed by atoms with Crippen molar-refractivity contribution in [1.29, 1.82) is 0 Å². The highest BCUT2D eigenvalue weighted by Gasteiger charge is 2.23. The molecule has 0 radical (unpaired) electrons. The predicted molar refractivity (Wildman–Crippen MR) is 160 cm³/mol. The van der Waals surface area contributed by atoms with Gasteiger partial charge in [0.15, 0.2) is 0 Å². The maximum absolute atomic E-state index is 13.1. The quantitative estimate of drug-likeness (QED) is 0.295. The lowest BCUT2D eigenvalue weighted by atomic mass is 9.91. The van der Waals surface area contributed by atoms with Crippen LogP contribution >= 0.6 is 0 Å². The third kappa shape index (κ3) is 9.99. The Balaban J connectivity index is 0.000000384. The molecule has 1 saturated carbocycles. The van der Waals surface area contributed by atoms with Gasteiger partial charge in [0.2, 0.25) is 0 Å². The molecule has 2 aromatic rings. The van der Waals surface area contributed by atoms with Gasteiger partial charge in [0.1, 0.15) is 11.6 Å². The molecule has 2 aliphatic rings. The number of nitrogens with zero attached hydrogens (tertiary/aromatic N) is 1. The van der Waals surface area contributed by atoms with Crippen LogP contribution in [0.5, 0.6) is 0 Å². The van der Waals surface area contributed by atoms with E-state index in [1.165, 1.54) is 31.4 Å². The first kappa shape index (κ1) is 31.1. The molecule has 1 aliphatic heterocycles. The number of halogens is 1. The van der Waals surface area contributed by atoms with Crippen molar-refractivity contribution in [3.05, 3.63) is 89.6 Å². The Hall–Kier alpha value is -3.09. The van der Waals surface area contributed by atoms with Crippen LogP contribution < -0.4 is 16.0 Å². The molecule has 1 fully saturated rings. The van der Waals surface area contributed by atoms with Crippen LogP contribution in [0.15, 0.2) is 67.1 Å². The van der Waals surface area contributed by atoms with E-state index in [2.05, 4.69) is 45.3 Å². The Morgan fingerprint density at radius 2 is 1.84 bits per heavy atom. The summed E-state index contributed by atoms with van der Waals surface area (Å²) < 4.78 is 18.0. The zero-order valence-electron chi connectivity index (χ0n) is 23.8. The standard InChI is InChI=1S/C22H24FN3O.C6H12O.C4H10/c1-14-10-22-19(15(2)20(16(3)27)13-26(22)9-8-24)11-21(14)25-12-17-4-6-18(23)7-5-17;1-7-5-4-6-2-3-6;1-4(2)3/h4-7,10-11,13,25,27H,2-3,8-9,12,24H2,1H3;6H,2-5H2,1H3;4H,1-3H3. The monoisotopic (exact) mass is 523 g/mol. The molecule has 4 N–H and O–H groups in total. The molecule has 0 amide bonds. The molecule has 0 aromatic heterocycles. The first-order chi connectivity index (χ1) is 18.1. The average Bonchev–Trinajstić information content (AvgIpc) is 3.69. The van der Waals surface area contributed by atoms with Gasteiger partial charge in [-0.15, -0.1) is 0 Å². The van der Waals surface area contributed by atoms with Gasteiger partial charge in [-0.1, -0.05) is 58.9 Å². The number of anilines is 2. The third-order valence-corrected chi connectivity index (χ3v) is 6.09. The van der Waals surface area contributed by atoms with Crippen LogP contribution in [-0.4, -0.2) is 31.9 Å². The molecule has 2 aromatic carbocycles.